The van der Waals surface area contributed by atoms with Gasteiger partial charge in [-0.05, 0) is 47.7 Å². The van der Waals surface area contributed by atoms with E-state index in [0.717, 1.165) is 17.0 Å². The SMILES string of the molecule is CSC1NC(=O)C(=Cc2ccc3c(cnn3Cc3ccc(Cl)cc3C(F)(F)F)c2)S1. The van der Waals surface area contributed by atoms with Crippen LogP contribution in [0, 0.1) is 0 Å². The summed E-state index contributed by atoms with van der Waals surface area (Å²) in [4.78, 5) is 12.6. The van der Waals surface area contributed by atoms with E-state index in [1.54, 1.807) is 30.1 Å². The standard InChI is InChI=1S/C20H15ClF3N3OS2/c1-29-19-26-18(28)17(30-19)7-11-2-5-16-13(6-11)9-25-27(16)10-12-3-4-14(21)8-15(12)20(22,23)24/h2-9,19H,10H2,1H3,(H,26,28). The van der Waals surface area contributed by atoms with Gasteiger partial charge < -0.3 is 5.32 Å². The predicted octanol–water partition coefficient (Wildman–Crippen LogP) is 5.61. The number of hydrogen-bond acceptors (Lipinski definition) is 4. The third-order valence-corrected chi connectivity index (χ3v) is 7.12. The van der Waals surface area contributed by atoms with E-state index in [1.165, 1.54) is 28.6 Å². The second-order valence-corrected chi connectivity index (χ2v) is 9.41. The van der Waals surface area contributed by atoms with E-state index in [-0.39, 0.29) is 27.7 Å². The lowest BCUT2D eigenvalue weighted by Gasteiger charge is -2.14. The zero-order valence-corrected chi connectivity index (χ0v) is 17.9. The molecule has 1 N–H and O–H groups in total. The van der Waals surface area contributed by atoms with Crippen LogP contribution >= 0.6 is 35.1 Å². The van der Waals surface area contributed by atoms with E-state index in [9.17, 15) is 18.0 Å². The van der Waals surface area contributed by atoms with Crippen LogP contribution in [-0.4, -0.2) is 26.6 Å². The Bertz CT molecular complexity index is 1160. The van der Waals surface area contributed by atoms with Crippen molar-refractivity contribution >= 4 is 58.0 Å². The molecule has 1 aliphatic heterocycles. The number of halogens is 4. The van der Waals surface area contributed by atoms with Gasteiger partial charge >= 0.3 is 6.18 Å². The monoisotopic (exact) mass is 469 g/mol. The van der Waals surface area contributed by atoms with Gasteiger partial charge in [-0.2, -0.15) is 18.3 Å². The van der Waals surface area contributed by atoms with Crippen LogP contribution in [0.4, 0.5) is 13.2 Å². The molecule has 1 fully saturated rings. The van der Waals surface area contributed by atoms with Crippen molar-refractivity contribution < 1.29 is 18.0 Å². The van der Waals surface area contributed by atoms with Crippen LogP contribution in [0.25, 0.3) is 17.0 Å². The average molecular weight is 470 g/mol. The minimum atomic E-state index is -4.50. The Morgan fingerprint density at radius 1 is 1.30 bits per heavy atom. The topological polar surface area (TPSA) is 46.9 Å². The first kappa shape index (κ1) is 21.1. The summed E-state index contributed by atoms with van der Waals surface area (Å²) in [5.41, 5.74) is 0.840. The highest BCUT2D eigenvalue weighted by Gasteiger charge is 2.33. The van der Waals surface area contributed by atoms with Gasteiger partial charge in [0.15, 0.2) is 0 Å². The fourth-order valence-electron chi connectivity index (χ4n) is 3.17. The largest absolute Gasteiger partial charge is 0.416 e. The summed E-state index contributed by atoms with van der Waals surface area (Å²) in [5, 5.41) is 7.93. The second-order valence-electron chi connectivity index (χ2n) is 6.59. The van der Waals surface area contributed by atoms with Crippen molar-refractivity contribution in [3.8, 4) is 0 Å². The van der Waals surface area contributed by atoms with Crippen molar-refractivity contribution in [1.82, 2.24) is 15.1 Å². The molecule has 30 heavy (non-hydrogen) atoms. The molecule has 2 heterocycles. The fraction of sp³-hybridized carbons (Fsp3) is 0.200. The maximum absolute atomic E-state index is 13.4. The van der Waals surface area contributed by atoms with Crippen LogP contribution in [-0.2, 0) is 17.5 Å². The summed E-state index contributed by atoms with van der Waals surface area (Å²) >= 11 is 8.76. The van der Waals surface area contributed by atoms with Crippen LogP contribution in [0.5, 0.6) is 0 Å². The summed E-state index contributed by atoms with van der Waals surface area (Å²) in [5.74, 6) is -0.113. The van der Waals surface area contributed by atoms with Crippen molar-refractivity contribution in [2.24, 2.45) is 0 Å². The zero-order valence-electron chi connectivity index (χ0n) is 15.5. The molecule has 0 bridgehead atoms. The first-order valence-corrected chi connectivity index (χ1v) is 11.3. The van der Waals surface area contributed by atoms with Gasteiger partial charge in [0, 0.05) is 10.4 Å². The minimum Gasteiger partial charge on any atom is -0.331 e. The van der Waals surface area contributed by atoms with Gasteiger partial charge in [0.05, 0.1) is 28.7 Å². The number of amides is 1. The number of nitrogens with zero attached hydrogens (tertiary/aromatic N) is 2. The molecule has 0 saturated carbocycles. The van der Waals surface area contributed by atoms with Crippen LogP contribution in [0.2, 0.25) is 5.02 Å². The lowest BCUT2D eigenvalue weighted by molar-refractivity contribution is -0.138. The van der Waals surface area contributed by atoms with Gasteiger partial charge in [-0.3, -0.25) is 9.48 Å². The lowest BCUT2D eigenvalue weighted by Crippen LogP contribution is -2.21. The number of aromatic nitrogens is 2. The molecule has 0 aliphatic carbocycles. The molecule has 2 aromatic carbocycles. The summed E-state index contributed by atoms with van der Waals surface area (Å²) < 4.78 is 41.6. The van der Waals surface area contributed by atoms with E-state index >= 15 is 0 Å². The number of carbonyl (C=O) groups excluding carboxylic acids is 1. The highest BCUT2D eigenvalue weighted by Crippen LogP contribution is 2.36. The number of benzene rings is 2. The summed E-state index contributed by atoms with van der Waals surface area (Å²) in [6, 6.07) is 9.21. The van der Waals surface area contributed by atoms with Crippen LogP contribution in [0.15, 0.2) is 47.5 Å². The van der Waals surface area contributed by atoms with Gasteiger partial charge in [-0.25, -0.2) is 0 Å². The van der Waals surface area contributed by atoms with Crippen molar-refractivity contribution in [2.45, 2.75) is 17.4 Å². The van der Waals surface area contributed by atoms with Gasteiger partial charge in [0.2, 0.25) is 0 Å². The van der Waals surface area contributed by atoms with E-state index in [1.807, 2.05) is 18.4 Å². The number of nitrogens with one attached hydrogen (secondary N) is 1. The molecule has 156 valence electrons. The van der Waals surface area contributed by atoms with Gasteiger partial charge in [-0.15, -0.1) is 11.8 Å². The summed E-state index contributed by atoms with van der Waals surface area (Å²) in [6.07, 6.45) is 0.823. The first-order valence-electron chi connectivity index (χ1n) is 8.78. The van der Waals surface area contributed by atoms with Crippen molar-refractivity contribution in [3.05, 3.63) is 69.2 Å². The quantitative estimate of drug-likeness (QED) is 0.505. The third kappa shape index (κ3) is 4.33. The molecular formula is C20H15ClF3N3OS2. The number of hydrogen-bond donors (Lipinski definition) is 1. The van der Waals surface area contributed by atoms with Crippen molar-refractivity contribution in [3.63, 3.8) is 0 Å². The number of rotatable bonds is 4. The number of alkyl halides is 3. The zero-order chi connectivity index (χ0) is 21.5. The molecule has 0 spiro atoms. The highest BCUT2D eigenvalue weighted by molar-refractivity contribution is 8.19. The Labute approximate surface area is 183 Å². The molecule has 1 atom stereocenters. The Balaban J connectivity index is 1.64. The molecule has 1 unspecified atom stereocenters. The molecule has 4 nitrogen and oxygen atoms in total. The Morgan fingerprint density at radius 3 is 2.80 bits per heavy atom. The second kappa shape index (κ2) is 8.20. The molecule has 3 aromatic rings. The number of thioether (sulfide) groups is 2. The fourth-order valence-corrected chi connectivity index (χ4v) is 5.03. The maximum atomic E-state index is 13.4. The molecule has 1 aromatic heterocycles. The minimum absolute atomic E-state index is 0.00237. The molecular weight excluding hydrogens is 455 g/mol. The normalized spacial score (nSPS) is 18.4. The molecule has 4 rings (SSSR count). The Morgan fingerprint density at radius 2 is 2.10 bits per heavy atom. The maximum Gasteiger partial charge on any atom is 0.416 e. The smallest absolute Gasteiger partial charge is 0.331 e. The Kier molecular flexibility index (Phi) is 5.78. The van der Waals surface area contributed by atoms with E-state index in [0.29, 0.717) is 10.4 Å². The summed E-state index contributed by atoms with van der Waals surface area (Å²) in [6.45, 7) is -0.0381. The van der Waals surface area contributed by atoms with Crippen LogP contribution in [0.1, 0.15) is 16.7 Å². The van der Waals surface area contributed by atoms with Crippen molar-refractivity contribution in [2.75, 3.05) is 6.26 Å². The third-order valence-electron chi connectivity index (χ3n) is 4.58. The first-order chi connectivity index (χ1) is 14.2. The van der Waals surface area contributed by atoms with Gasteiger partial charge in [-0.1, -0.05) is 35.5 Å². The van der Waals surface area contributed by atoms with Gasteiger partial charge in [0.1, 0.15) is 4.71 Å². The average Bonchev–Trinajstić information content (AvgIpc) is 3.25. The van der Waals surface area contributed by atoms with E-state index < -0.39 is 11.7 Å². The predicted molar refractivity (Wildman–Crippen MR) is 116 cm³/mol. The number of carbonyl (C=O) groups is 1. The number of fused-ring (bicyclic) bond motifs is 1. The lowest BCUT2D eigenvalue weighted by atomic mass is 10.1. The van der Waals surface area contributed by atoms with E-state index in [4.69, 9.17) is 11.6 Å². The molecule has 10 heteroatoms. The molecule has 1 amide bonds. The summed E-state index contributed by atoms with van der Waals surface area (Å²) in [7, 11) is 0. The molecule has 1 aliphatic rings. The highest BCUT2D eigenvalue weighted by atomic mass is 35.5. The molecule has 1 saturated heterocycles. The van der Waals surface area contributed by atoms with Crippen LogP contribution < -0.4 is 5.32 Å². The molecule has 0 radical (unpaired) electrons. The van der Waals surface area contributed by atoms with Gasteiger partial charge in [0.25, 0.3) is 5.91 Å². The van der Waals surface area contributed by atoms with Crippen molar-refractivity contribution in [1.29, 1.82) is 0 Å². The van der Waals surface area contributed by atoms with Crippen LogP contribution in [0.3, 0.4) is 0 Å². The van der Waals surface area contributed by atoms with E-state index in [2.05, 4.69) is 10.4 Å². The Hall–Kier alpha value is -2.10.